The number of hydrogen-bond acceptors (Lipinski definition) is 8. The fourth-order valence-electron chi connectivity index (χ4n) is 3.62. The zero-order chi connectivity index (χ0) is 19.1. The highest BCUT2D eigenvalue weighted by atomic mass is 32.2. The first-order valence-electron chi connectivity index (χ1n) is 9.41. The molecule has 4 rings (SSSR count). The molecule has 146 valence electrons. The second-order valence-electron chi connectivity index (χ2n) is 7.41. The number of fused-ring (bicyclic) bond motifs is 2. The minimum absolute atomic E-state index is 0.530. The molecular weight excluding hydrogens is 366 g/mol. The van der Waals surface area contributed by atoms with Gasteiger partial charge in [-0.25, -0.2) is 5.06 Å². The van der Waals surface area contributed by atoms with Crippen LogP contribution in [-0.2, 0) is 15.3 Å². The highest BCUT2D eigenvalue weighted by Crippen LogP contribution is 2.40. The van der Waals surface area contributed by atoms with Crippen molar-refractivity contribution in [2.45, 2.75) is 46.2 Å². The quantitative estimate of drug-likeness (QED) is 0.692. The molecule has 0 aromatic rings. The smallest absolute Gasteiger partial charge is 0.313 e. The monoisotopic (exact) mass is 391 g/mol. The Morgan fingerprint density at radius 3 is 2.78 bits per heavy atom. The van der Waals surface area contributed by atoms with Gasteiger partial charge in [0.15, 0.2) is 6.17 Å². The highest BCUT2D eigenvalue weighted by molar-refractivity contribution is 7.61. The lowest BCUT2D eigenvalue weighted by atomic mass is 9.99. The molecule has 0 aromatic carbocycles. The van der Waals surface area contributed by atoms with Gasteiger partial charge in [0.05, 0.1) is 24.7 Å². The van der Waals surface area contributed by atoms with Gasteiger partial charge >= 0.3 is 10.5 Å². The van der Waals surface area contributed by atoms with Crippen LogP contribution in [0, 0.1) is 5.92 Å². The van der Waals surface area contributed by atoms with Gasteiger partial charge < -0.3 is 9.80 Å². The Hall–Kier alpha value is -2.13. The fraction of sp³-hybridized carbons (Fsp3) is 0.611. The molecule has 1 aliphatic carbocycles. The first kappa shape index (κ1) is 18.2. The van der Waals surface area contributed by atoms with Crippen LogP contribution in [0.15, 0.2) is 43.9 Å². The maximum Gasteiger partial charge on any atom is 0.313 e. The van der Waals surface area contributed by atoms with E-state index in [9.17, 15) is 8.42 Å². The largest absolute Gasteiger partial charge is 0.330 e. The molecule has 0 N–H and O–H groups in total. The van der Waals surface area contributed by atoms with E-state index in [1.807, 2.05) is 36.2 Å². The van der Waals surface area contributed by atoms with Crippen molar-refractivity contribution < 1.29 is 13.3 Å². The molecule has 9 heteroatoms. The third-order valence-electron chi connectivity index (χ3n) is 5.39. The van der Waals surface area contributed by atoms with Crippen LogP contribution in [0.4, 0.5) is 0 Å². The van der Waals surface area contributed by atoms with Crippen molar-refractivity contribution in [2.75, 3.05) is 19.8 Å². The maximum absolute atomic E-state index is 11.3. The number of hydrogen-bond donors (Lipinski definition) is 0. The van der Waals surface area contributed by atoms with Crippen molar-refractivity contribution in [3.8, 4) is 0 Å². The van der Waals surface area contributed by atoms with Crippen molar-refractivity contribution in [3.05, 3.63) is 34.6 Å². The van der Waals surface area contributed by atoms with Crippen LogP contribution in [0.1, 0.15) is 40.0 Å². The second kappa shape index (κ2) is 7.12. The van der Waals surface area contributed by atoms with Crippen LogP contribution in [-0.4, -0.2) is 55.5 Å². The second-order valence-corrected chi connectivity index (χ2v) is 8.05. The number of nitrogens with zero attached hydrogens (tertiary/aromatic N) is 5. The predicted octanol–water partition coefficient (Wildman–Crippen LogP) is 2.45. The average molecular weight is 391 g/mol. The summed E-state index contributed by atoms with van der Waals surface area (Å²) < 4.78 is 26.7. The Balaban J connectivity index is 1.68. The van der Waals surface area contributed by atoms with Crippen molar-refractivity contribution in [1.29, 1.82) is 0 Å². The Morgan fingerprint density at radius 1 is 1.33 bits per heavy atom. The van der Waals surface area contributed by atoms with Gasteiger partial charge in [0.2, 0.25) is 0 Å². The lowest BCUT2D eigenvalue weighted by Gasteiger charge is -2.43. The molecule has 4 aliphatic rings. The fourth-order valence-corrected chi connectivity index (χ4v) is 4.06. The van der Waals surface area contributed by atoms with E-state index in [1.165, 1.54) is 12.8 Å². The Labute approximate surface area is 161 Å². The van der Waals surface area contributed by atoms with Gasteiger partial charge in [0, 0.05) is 6.54 Å². The first-order valence-corrected chi connectivity index (χ1v) is 10.4. The Kier molecular flexibility index (Phi) is 4.81. The molecule has 1 unspecified atom stereocenters. The van der Waals surface area contributed by atoms with E-state index in [2.05, 4.69) is 21.2 Å². The molecule has 0 spiro atoms. The summed E-state index contributed by atoms with van der Waals surface area (Å²) in [6, 6.07) is 0. The van der Waals surface area contributed by atoms with Gasteiger partial charge in [-0.2, -0.15) is 8.42 Å². The molecule has 1 fully saturated rings. The van der Waals surface area contributed by atoms with Crippen LogP contribution in [0.25, 0.3) is 0 Å². The van der Waals surface area contributed by atoms with Gasteiger partial charge in [0.25, 0.3) is 0 Å². The Bertz CT molecular complexity index is 890. The summed E-state index contributed by atoms with van der Waals surface area (Å²) >= 11 is 0. The zero-order valence-corrected chi connectivity index (χ0v) is 16.7. The predicted molar refractivity (Wildman–Crippen MR) is 101 cm³/mol. The van der Waals surface area contributed by atoms with Gasteiger partial charge in [-0.1, -0.05) is 6.92 Å². The van der Waals surface area contributed by atoms with Crippen LogP contribution < -0.4 is 0 Å². The van der Waals surface area contributed by atoms with E-state index in [0.717, 1.165) is 41.4 Å². The van der Waals surface area contributed by atoms with Crippen LogP contribution in [0.3, 0.4) is 0 Å². The molecule has 8 nitrogen and oxygen atoms in total. The van der Waals surface area contributed by atoms with Gasteiger partial charge in [-0.3, -0.25) is 9.83 Å². The third kappa shape index (κ3) is 3.41. The average Bonchev–Trinajstić information content (AvgIpc) is 3.37. The SMILES string of the molecule is CCCN1C2=C(N=CC3=CN(OCC4CC4)CN32)C(C)=C(C)C1N=S(=O)=O. The van der Waals surface area contributed by atoms with E-state index in [1.54, 1.807) is 0 Å². The number of allylic oxidation sites excluding steroid dienone is 2. The van der Waals surface area contributed by atoms with Gasteiger partial charge in [0.1, 0.15) is 18.2 Å². The molecule has 27 heavy (non-hydrogen) atoms. The minimum Gasteiger partial charge on any atom is -0.330 e. The molecule has 0 amide bonds. The van der Waals surface area contributed by atoms with Gasteiger partial charge in [-0.05, 0) is 50.2 Å². The molecule has 0 bridgehead atoms. The van der Waals surface area contributed by atoms with Crippen molar-refractivity contribution >= 4 is 16.7 Å². The van der Waals surface area contributed by atoms with E-state index in [0.29, 0.717) is 19.1 Å². The van der Waals surface area contributed by atoms with E-state index in [-0.39, 0.29) is 0 Å². The molecule has 3 heterocycles. The summed E-state index contributed by atoms with van der Waals surface area (Å²) in [5, 5.41) is 1.85. The lowest BCUT2D eigenvalue weighted by Crippen LogP contribution is -2.46. The molecule has 1 saturated carbocycles. The zero-order valence-electron chi connectivity index (χ0n) is 15.9. The third-order valence-corrected chi connectivity index (χ3v) is 5.76. The lowest BCUT2D eigenvalue weighted by molar-refractivity contribution is -0.132. The summed E-state index contributed by atoms with van der Waals surface area (Å²) in [4.78, 5) is 14.8. The van der Waals surface area contributed by atoms with Crippen molar-refractivity contribution in [3.63, 3.8) is 0 Å². The molecule has 0 saturated heterocycles. The van der Waals surface area contributed by atoms with Gasteiger partial charge in [-0.15, -0.1) is 4.36 Å². The summed E-state index contributed by atoms with van der Waals surface area (Å²) in [5.74, 6) is 1.59. The van der Waals surface area contributed by atoms with Crippen molar-refractivity contribution in [2.24, 2.45) is 15.3 Å². The Morgan fingerprint density at radius 2 is 2.11 bits per heavy atom. The van der Waals surface area contributed by atoms with E-state index in [4.69, 9.17) is 4.84 Å². The summed E-state index contributed by atoms with van der Waals surface area (Å²) in [6.07, 6.45) is 6.64. The van der Waals surface area contributed by atoms with E-state index < -0.39 is 16.7 Å². The molecule has 0 aromatic heterocycles. The topological polar surface area (TPSA) is 77.8 Å². The number of rotatable bonds is 6. The normalized spacial score (nSPS) is 24.3. The summed E-state index contributed by atoms with van der Waals surface area (Å²) in [5.41, 5.74) is 3.71. The summed E-state index contributed by atoms with van der Waals surface area (Å²) in [6.45, 7) is 7.98. The van der Waals surface area contributed by atoms with Crippen LogP contribution in [0.5, 0.6) is 0 Å². The first-order chi connectivity index (χ1) is 13.0. The molecule has 1 atom stereocenters. The highest BCUT2D eigenvalue weighted by Gasteiger charge is 2.39. The van der Waals surface area contributed by atoms with E-state index >= 15 is 0 Å². The van der Waals surface area contributed by atoms with Crippen LogP contribution >= 0.6 is 0 Å². The molecule has 3 aliphatic heterocycles. The molecular formula is C18H25N5O3S. The standard InChI is InChI=1S/C18H25N5O3S/c1-4-7-22-17(20-27(24)25)13(3)12(2)16-18(22)23-11-21(9-15(23)8-19-16)26-10-14-5-6-14/h8-9,14,17H,4-7,10-11H2,1-3H3. The number of aliphatic imine (C=N–C) groups is 1. The maximum atomic E-state index is 11.3. The molecule has 0 radical (unpaired) electrons. The minimum atomic E-state index is -2.48. The summed E-state index contributed by atoms with van der Waals surface area (Å²) in [7, 11) is -2.48. The van der Waals surface area contributed by atoms with Crippen molar-refractivity contribution in [1.82, 2.24) is 14.9 Å². The van der Waals surface area contributed by atoms with Crippen LogP contribution in [0.2, 0.25) is 0 Å². The number of hydroxylamine groups is 2.